The first-order chi connectivity index (χ1) is 11.7. The van der Waals surface area contributed by atoms with E-state index in [-0.39, 0.29) is 24.0 Å². The second-order valence-corrected chi connectivity index (χ2v) is 8.38. The van der Waals surface area contributed by atoms with Gasteiger partial charge in [-0.25, -0.2) is 4.98 Å². The van der Waals surface area contributed by atoms with Crippen LogP contribution in [0.2, 0.25) is 0 Å². The van der Waals surface area contributed by atoms with Crippen LogP contribution in [-0.2, 0) is 6.54 Å². The second kappa shape index (κ2) is 10.7. The van der Waals surface area contributed by atoms with Crippen molar-refractivity contribution in [2.45, 2.75) is 70.5 Å². The second-order valence-electron chi connectivity index (χ2n) is 7.06. The Morgan fingerprint density at radius 1 is 1.28 bits per heavy atom. The van der Waals surface area contributed by atoms with Gasteiger partial charge in [-0.1, -0.05) is 19.3 Å². The normalized spacial score (nSPS) is 23.1. The van der Waals surface area contributed by atoms with Crippen molar-refractivity contribution in [3.05, 3.63) is 16.1 Å². The van der Waals surface area contributed by atoms with Crippen LogP contribution in [0.15, 0.2) is 11.2 Å². The number of guanidine groups is 1. The summed E-state index contributed by atoms with van der Waals surface area (Å²) >= 11 is 1.74. The quantitative estimate of drug-likeness (QED) is 0.396. The largest absolute Gasteiger partial charge is 0.352 e. The topological polar surface area (TPSA) is 52.6 Å². The number of hydrogen-bond acceptors (Lipinski definition) is 4. The van der Waals surface area contributed by atoms with Crippen molar-refractivity contribution in [1.82, 2.24) is 20.5 Å². The maximum absolute atomic E-state index is 4.41. The van der Waals surface area contributed by atoms with E-state index in [2.05, 4.69) is 32.4 Å². The van der Waals surface area contributed by atoms with Gasteiger partial charge in [0.15, 0.2) is 5.96 Å². The van der Waals surface area contributed by atoms with E-state index in [1.54, 1.807) is 11.3 Å². The van der Waals surface area contributed by atoms with Crippen LogP contribution in [0.1, 0.15) is 54.8 Å². The molecule has 0 spiro atoms. The van der Waals surface area contributed by atoms with Crippen LogP contribution >= 0.6 is 35.3 Å². The zero-order valence-corrected chi connectivity index (χ0v) is 18.6. The summed E-state index contributed by atoms with van der Waals surface area (Å²) < 4.78 is 0. The molecule has 1 saturated heterocycles. The van der Waals surface area contributed by atoms with Crippen LogP contribution in [0.3, 0.4) is 0 Å². The first kappa shape index (κ1) is 20.9. The summed E-state index contributed by atoms with van der Waals surface area (Å²) in [6.45, 7) is 5.27. The molecule has 1 atom stereocenters. The van der Waals surface area contributed by atoms with Gasteiger partial charge in [-0.2, -0.15) is 0 Å². The van der Waals surface area contributed by atoms with Crippen LogP contribution in [0.25, 0.3) is 0 Å². The summed E-state index contributed by atoms with van der Waals surface area (Å²) in [5, 5.41) is 8.15. The van der Waals surface area contributed by atoms with Gasteiger partial charge in [-0.3, -0.25) is 9.89 Å². The summed E-state index contributed by atoms with van der Waals surface area (Å²) in [6.07, 6.45) is 11.5. The number of aromatic nitrogens is 1. The molecule has 2 aliphatic rings. The minimum absolute atomic E-state index is 0. The van der Waals surface area contributed by atoms with Gasteiger partial charge < -0.3 is 10.6 Å². The molecule has 7 heteroatoms. The molecule has 0 bridgehead atoms. The fraction of sp³-hybridized carbons (Fsp3) is 0.778. The third-order valence-corrected chi connectivity index (χ3v) is 6.10. The number of piperidine rings is 1. The third kappa shape index (κ3) is 6.36. The number of nitrogens with one attached hydrogen (secondary N) is 2. The monoisotopic (exact) mass is 477 g/mol. The number of hydrogen-bond donors (Lipinski definition) is 2. The van der Waals surface area contributed by atoms with E-state index in [4.69, 9.17) is 0 Å². The lowest BCUT2D eigenvalue weighted by molar-refractivity contribution is 0.115. The van der Waals surface area contributed by atoms with Crippen molar-refractivity contribution in [2.75, 3.05) is 20.1 Å². The number of likely N-dealkylation sites (tertiary alicyclic amines) is 1. The maximum Gasteiger partial charge on any atom is 0.191 e. The van der Waals surface area contributed by atoms with Crippen molar-refractivity contribution >= 4 is 41.3 Å². The number of halogens is 1. The molecular weight excluding hydrogens is 445 g/mol. The van der Waals surface area contributed by atoms with Crippen molar-refractivity contribution in [3.8, 4) is 0 Å². The van der Waals surface area contributed by atoms with Crippen LogP contribution in [-0.4, -0.2) is 48.1 Å². The molecule has 1 aliphatic heterocycles. The smallest absolute Gasteiger partial charge is 0.191 e. The molecule has 142 valence electrons. The molecule has 25 heavy (non-hydrogen) atoms. The lowest BCUT2D eigenvalue weighted by Gasteiger charge is -2.40. The van der Waals surface area contributed by atoms with E-state index in [1.165, 1.54) is 56.4 Å². The Morgan fingerprint density at radius 3 is 2.76 bits per heavy atom. The average molecular weight is 477 g/mol. The predicted octanol–water partition coefficient (Wildman–Crippen LogP) is 3.53. The van der Waals surface area contributed by atoms with E-state index in [0.717, 1.165) is 30.1 Å². The molecule has 5 nitrogen and oxygen atoms in total. The molecule has 0 aromatic carbocycles. The lowest BCUT2D eigenvalue weighted by atomic mass is 9.92. The number of thiazole rings is 1. The number of rotatable bonds is 4. The molecule has 1 aromatic heterocycles. The van der Waals surface area contributed by atoms with Gasteiger partial charge in [0.25, 0.3) is 0 Å². The molecule has 1 aromatic rings. The average Bonchev–Trinajstić information content (AvgIpc) is 3.05. The first-order valence-electron chi connectivity index (χ1n) is 9.37. The Kier molecular flexibility index (Phi) is 8.92. The SMILES string of the molecule is CN=C(NCc1ncc(C)s1)NC1CCCN(C2CCCCC2)C1.I. The molecule has 1 unspecified atom stereocenters. The lowest BCUT2D eigenvalue weighted by Crippen LogP contribution is -2.53. The molecular formula is C18H32IN5S. The van der Waals surface area contributed by atoms with E-state index in [9.17, 15) is 0 Å². The molecule has 2 N–H and O–H groups in total. The van der Waals surface area contributed by atoms with Crippen LogP contribution in [0, 0.1) is 6.92 Å². The minimum atomic E-state index is 0. The van der Waals surface area contributed by atoms with Gasteiger partial charge in [-0.05, 0) is 39.2 Å². The van der Waals surface area contributed by atoms with Crippen molar-refractivity contribution < 1.29 is 0 Å². The zero-order valence-electron chi connectivity index (χ0n) is 15.5. The number of aliphatic imine (C=N–C) groups is 1. The third-order valence-electron chi connectivity index (χ3n) is 5.18. The Morgan fingerprint density at radius 2 is 2.08 bits per heavy atom. The Balaban J connectivity index is 0.00000225. The molecule has 2 fully saturated rings. The summed E-state index contributed by atoms with van der Waals surface area (Å²) in [4.78, 5) is 12.8. The minimum Gasteiger partial charge on any atom is -0.352 e. The fourth-order valence-electron chi connectivity index (χ4n) is 3.93. The molecule has 1 saturated carbocycles. The van der Waals surface area contributed by atoms with Crippen molar-refractivity contribution in [2.24, 2.45) is 4.99 Å². The predicted molar refractivity (Wildman–Crippen MR) is 117 cm³/mol. The van der Waals surface area contributed by atoms with Crippen LogP contribution in [0.5, 0.6) is 0 Å². The molecule has 1 aliphatic carbocycles. The van der Waals surface area contributed by atoms with Gasteiger partial charge in [0.1, 0.15) is 5.01 Å². The molecule has 0 amide bonds. The van der Waals surface area contributed by atoms with Crippen LogP contribution < -0.4 is 10.6 Å². The van der Waals surface area contributed by atoms with E-state index < -0.39 is 0 Å². The van der Waals surface area contributed by atoms with E-state index in [0.29, 0.717) is 6.04 Å². The maximum atomic E-state index is 4.41. The van der Waals surface area contributed by atoms with Crippen molar-refractivity contribution in [3.63, 3.8) is 0 Å². The van der Waals surface area contributed by atoms with Gasteiger partial charge >= 0.3 is 0 Å². The van der Waals surface area contributed by atoms with Gasteiger partial charge in [-0.15, -0.1) is 35.3 Å². The Bertz CT molecular complexity index is 541. The summed E-state index contributed by atoms with van der Waals surface area (Å²) in [5.74, 6) is 0.901. The first-order valence-corrected chi connectivity index (χ1v) is 10.2. The highest BCUT2D eigenvalue weighted by atomic mass is 127. The Hall–Kier alpha value is -0.410. The number of nitrogens with zero attached hydrogens (tertiary/aromatic N) is 3. The molecule has 2 heterocycles. The number of aryl methyl sites for hydroxylation is 1. The molecule has 3 rings (SSSR count). The van der Waals surface area contributed by atoms with Gasteiger partial charge in [0.05, 0.1) is 6.54 Å². The Labute approximate surface area is 173 Å². The van der Waals surface area contributed by atoms with Gasteiger partial charge in [0, 0.05) is 36.8 Å². The molecule has 0 radical (unpaired) electrons. The van der Waals surface area contributed by atoms with Crippen LogP contribution in [0.4, 0.5) is 0 Å². The summed E-state index contributed by atoms with van der Waals surface area (Å²) in [5.41, 5.74) is 0. The van der Waals surface area contributed by atoms with Crippen molar-refractivity contribution in [1.29, 1.82) is 0 Å². The van der Waals surface area contributed by atoms with Gasteiger partial charge in [0.2, 0.25) is 0 Å². The standard InChI is InChI=1S/C18H31N5S.HI/c1-14-11-20-17(24-14)12-21-18(19-2)22-15-7-6-10-23(13-15)16-8-4-3-5-9-16;/h11,15-16H,3-10,12-13H2,1-2H3,(H2,19,21,22);1H. The van der Waals surface area contributed by atoms with E-state index in [1.807, 2.05) is 13.2 Å². The highest BCUT2D eigenvalue weighted by molar-refractivity contribution is 14.0. The zero-order chi connectivity index (χ0) is 16.8. The highest BCUT2D eigenvalue weighted by Crippen LogP contribution is 2.25. The highest BCUT2D eigenvalue weighted by Gasteiger charge is 2.27. The van der Waals surface area contributed by atoms with E-state index >= 15 is 0 Å². The summed E-state index contributed by atoms with van der Waals surface area (Å²) in [7, 11) is 1.85. The summed E-state index contributed by atoms with van der Waals surface area (Å²) in [6, 6.07) is 1.32. The fourth-order valence-corrected chi connectivity index (χ4v) is 4.66.